The van der Waals surface area contributed by atoms with Crippen LogP contribution in [-0.4, -0.2) is 42.0 Å². The van der Waals surface area contributed by atoms with Crippen LogP contribution in [0.3, 0.4) is 0 Å². The van der Waals surface area contributed by atoms with Crippen LogP contribution in [-0.2, 0) is 19.1 Å². The van der Waals surface area contributed by atoms with Crippen LogP contribution in [0.2, 0.25) is 0 Å². The van der Waals surface area contributed by atoms with Gasteiger partial charge in [-0.15, -0.1) is 0 Å². The quantitative estimate of drug-likeness (QED) is 0.402. The van der Waals surface area contributed by atoms with Gasteiger partial charge in [-0.25, -0.2) is 4.79 Å². The normalized spacial score (nSPS) is 11.3. The summed E-state index contributed by atoms with van der Waals surface area (Å²) < 4.78 is 9.72. The van der Waals surface area contributed by atoms with Crippen molar-refractivity contribution in [3.63, 3.8) is 0 Å². The van der Waals surface area contributed by atoms with Crippen LogP contribution in [0.1, 0.15) is 42.6 Å². The average molecular weight is 366 g/mol. The minimum Gasteiger partial charge on any atom is -0.466 e. The summed E-state index contributed by atoms with van der Waals surface area (Å²) >= 11 is 0. The number of hydrogen-bond donors (Lipinski definition) is 1. The van der Waals surface area contributed by atoms with Gasteiger partial charge in [0.15, 0.2) is 0 Å². The van der Waals surface area contributed by atoms with Crippen LogP contribution in [0.15, 0.2) is 18.2 Å². The van der Waals surface area contributed by atoms with E-state index in [0.29, 0.717) is 5.56 Å². The van der Waals surface area contributed by atoms with Crippen LogP contribution in [0, 0.1) is 17.0 Å². The predicted octanol–water partition coefficient (Wildman–Crippen LogP) is 1.91. The van der Waals surface area contributed by atoms with Crippen LogP contribution in [0.4, 0.5) is 5.69 Å². The number of ether oxygens (including phenoxy) is 2. The van der Waals surface area contributed by atoms with Crippen LogP contribution in [0.5, 0.6) is 0 Å². The molecular formula is C17H22N2O7. The second kappa shape index (κ2) is 10.1. The molecule has 0 heterocycles. The molecule has 0 radical (unpaired) electrons. The Hall–Kier alpha value is -2.97. The molecule has 0 aliphatic carbocycles. The van der Waals surface area contributed by atoms with E-state index in [4.69, 9.17) is 9.47 Å². The van der Waals surface area contributed by atoms with E-state index in [2.05, 4.69) is 5.32 Å². The molecule has 142 valence electrons. The summed E-state index contributed by atoms with van der Waals surface area (Å²) in [6, 6.07) is 2.86. The number of nitro benzene ring substituents is 1. The van der Waals surface area contributed by atoms with Crippen molar-refractivity contribution in [3.8, 4) is 0 Å². The molecule has 1 aromatic carbocycles. The second-order valence-electron chi connectivity index (χ2n) is 5.38. The van der Waals surface area contributed by atoms with Crippen molar-refractivity contribution < 1.29 is 28.8 Å². The average Bonchev–Trinajstić information content (AvgIpc) is 2.58. The van der Waals surface area contributed by atoms with Gasteiger partial charge in [-0.1, -0.05) is 0 Å². The third-order valence-corrected chi connectivity index (χ3v) is 3.47. The maximum Gasteiger partial charge on any atom is 0.328 e. The molecule has 0 saturated carbocycles. The highest BCUT2D eigenvalue weighted by molar-refractivity contribution is 5.97. The van der Waals surface area contributed by atoms with Gasteiger partial charge < -0.3 is 14.8 Å². The van der Waals surface area contributed by atoms with Crippen LogP contribution < -0.4 is 5.32 Å². The lowest BCUT2D eigenvalue weighted by Crippen LogP contribution is -2.42. The number of nitro groups is 1. The maximum absolute atomic E-state index is 12.4. The number of esters is 2. The lowest BCUT2D eigenvalue weighted by atomic mass is 10.1. The number of carbonyl (C=O) groups is 3. The first kappa shape index (κ1) is 21.1. The van der Waals surface area contributed by atoms with Gasteiger partial charge in [0.05, 0.1) is 18.1 Å². The first-order valence-electron chi connectivity index (χ1n) is 8.18. The van der Waals surface area contributed by atoms with Crippen molar-refractivity contribution in [2.75, 3.05) is 13.2 Å². The molecular weight excluding hydrogens is 344 g/mol. The van der Waals surface area contributed by atoms with E-state index in [-0.39, 0.29) is 37.3 Å². The summed E-state index contributed by atoms with van der Waals surface area (Å²) in [4.78, 5) is 46.2. The number of hydrogen-bond acceptors (Lipinski definition) is 7. The maximum atomic E-state index is 12.4. The molecule has 0 aromatic heterocycles. The summed E-state index contributed by atoms with van der Waals surface area (Å²) in [5.41, 5.74) is 0.381. The predicted molar refractivity (Wildman–Crippen MR) is 91.6 cm³/mol. The van der Waals surface area contributed by atoms with E-state index < -0.39 is 28.8 Å². The fraction of sp³-hybridized carbons (Fsp3) is 0.471. The molecule has 0 aliphatic heterocycles. The van der Waals surface area contributed by atoms with E-state index >= 15 is 0 Å². The van der Waals surface area contributed by atoms with Crippen LogP contribution in [0.25, 0.3) is 0 Å². The minimum atomic E-state index is -1.03. The lowest BCUT2D eigenvalue weighted by Gasteiger charge is -2.17. The van der Waals surface area contributed by atoms with Gasteiger partial charge >= 0.3 is 11.9 Å². The summed E-state index contributed by atoms with van der Waals surface area (Å²) in [5.74, 6) is -1.74. The zero-order valence-electron chi connectivity index (χ0n) is 14.9. The first-order valence-corrected chi connectivity index (χ1v) is 8.18. The Balaban J connectivity index is 2.86. The molecule has 1 unspecified atom stereocenters. The Morgan fingerprint density at radius 3 is 2.38 bits per heavy atom. The lowest BCUT2D eigenvalue weighted by molar-refractivity contribution is -0.385. The Morgan fingerprint density at radius 1 is 1.19 bits per heavy atom. The summed E-state index contributed by atoms with van der Waals surface area (Å²) in [5, 5.41) is 13.3. The highest BCUT2D eigenvalue weighted by Crippen LogP contribution is 2.19. The van der Waals surface area contributed by atoms with Gasteiger partial charge in [-0.2, -0.15) is 0 Å². The number of rotatable bonds is 9. The Kier molecular flexibility index (Phi) is 8.20. The van der Waals surface area contributed by atoms with Gasteiger partial charge in [0.1, 0.15) is 6.04 Å². The molecule has 9 heteroatoms. The molecule has 0 fully saturated rings. The molecule has 0 bridgehead atoms. The second-order valence-corrected chi connectivity index (χ2v) is 5.38. The fourth-order valence-electron chi connectivity index (χ4n) is 2.23. The third-order valence-electron chi connectivity index (χ3n) is 3.47. The summed E-state index contributed by atoms with van der Waals surface area (Å²) in [6.07, 6.45) is -0.0355. The Labute approximate surface area is 150 Å². The summed E-state index contributed by atoms with van der Waals surface area (Å²) in [6.45, 7) is 5.15. The smallest absolute Gasteiger partial charge is 0.328 e. The number of aryl methyl sites for hydroxylation is 1. The van der Waals surface area contributed by atoms with E-state index in [1.54, 1.807) is 13.8 Å². The zero-order chi connectivity index (χ0) is 19.7. The van der Waals surface area contributed by atoms with E-state index in [1.807, 2.05) is 0 Å². The highest BCUT2D eigenvalue weighted by Gasteiger charge is 2.24. The zero-order valence-corrected chi connectivity index (χ0v) is 14.9. The number of carbonyl (C=O) groups excluding carboxylic acids is 3. The molecule has 1 aromatic rings. The standard InChI is InChI=1S/C17H22N2O7/c1-4-25-15(20)9-7-13(17(22)26-5-2)18-16(21)12-6-8-14(19(23)24)11(3)10-12/h6,8,10,13H,4-5,7,9H2,1-3H3,(H,18,21). The molecule has 1 N–H and O–H groups in total. The van der Waals surface area contributed by atoms with Crippen LogP contribution >= 0.6 is 0 Å². The number of amides is 1. The molecule has 1 amide bonds. The Morgan fingerprint density at radius 2 is 1.85 bits per heavy atom. The molecule has 1 atom stereocenters. The molecule has 0 spiro atoms. The number of nitrogens with zero attached hydrogens (tertiary/aromatic N) is 1. The first-order chi connectivity index (χ1) is 12.3. The van der Waals surface area contributed by atoms with Gasteiger partial charge in [0.25, 0.3) is 11.6 Å². The van der Waals surface area contributed by atoms with Crippen molar-refractivity contribution in [1.82, 2.24) is 5.32 Å². The number of nitrogens with one attached hydrogen (secondary N) is 1. The third kappa shape index (κ3) is 6.15. The topological polar surface area (TPSA) is 125 Å². The van der Waals surface area contributed by atoms with Gasteiger partial charge in [0.2, 0.25) is 0 Å². The van der Waals surface area contributed by atoms with Crippen molar-refractivity contribution in [1.29, 1.82) is 0 Å². The monoisotopic (exact) mass is 366 g/mol. The van der Waals surface area contributed by atoms with E-state index in [9.17, 15) is 24.5 Å². The van der Waals surface area contributed by atoms with E-state index in [0.717, 1.165) is 0 Å². The van der Waals surface area contributed by atoms with Gasteiger partial charge in [0, 0.05) is 23.6 Å². The van der Waals surface area contributed by atoms with Crippen molar-refractivity contribution in [2.24, 2.45) is 0 Å². The Bertz CT molecular complexity index is 688. The van der Waals surface area contributed by atoms with Crippen molar-refractivity contribution in [3.05, 3.63) is 39.4 Å². The number of benzene rings is 1. The van der Waals surface area contributed by atoms with Gasteiger partial charge in [-0.3, -0.25) is 19.7 Å². The van der Waals surface area contributed by atoms with Crippen molar-refractivity contribution in [2.45, 2.75) is 39.7 Å². The molecule has 0 aliphatic rings. The minimum absolute atomic E-state index is 0.0232. The SMILES string of the molecule is CCOC(=O)CCC(NC(=O)c1ccc([N+](=O)[O-])c(C)c1)C(=O)OCC. The highest BCUT2D eigenvalue weighted by atomic mass is 16.6. The molecule has 0 saturated heterocycles. The van der Waals surface area contributed by atoms with Gasteiger partial charge in [-0.05, 0) is 39.3 Å². The van der Waals surface area contributed by atoms with Crippen molar-refractivity contribution >= 4 is 23.5 Å². The molecule has 1 rings (SSSR count). The molecule has 9 nitrogen and oxygen atoms in total. The fourth-order valence-corrected chi connectivity index (χ4v) is 2.23. The summed E-state index contributed by atoms with van der Waals surface area (Å²) in [7, 11) is 0. The molecule has 26 heavy (non-hydrogen) atoms. The van der Waals surface area contributed by atoms with E-state index in [1.165, 1.54) is 25.1 Å². The largest absolute Gasteiger partial charge is 0.466 e.